The molecule has 6 heteroatoms. The number of hydrogen-bond acceptors (Lipinski definition) is 4. The Morgan fingerprint density at radius 2 is 1.14 bits per heavy atom. The van der Waals surface area contributed by atoms with Crippen LogP contribution < -0.4 is 0 Å². The molecular weight excluding hydrogens is 311 g/mol. The lowest BCUT2D eigenvalue weighted by atomic mass is 9.88. The summed E-state index contributed by atoms with van der Waals surface area (Å²) >= 11 is 12.1. The molecule has 0 aliphatic heterocycles. The second kappa shape index (κ2) is 6.26. The van der Waals surface area contributed by atoms with Gasteiger partial charge in [0.1, 0.15) is 0 Å². The van der Waals surface area contributed by atoms with Gasteiger partial charge in [0, 0.05) is 0 Å². The maximum atomic E-state index is 8.51. The molecular formula is C15H12Cl2N2O2. The maximum absolute atomic E-state index is 8.51. The van der Waals surface area contributed by atoms with Gasteiger partial charge in [-0.25, -0.2) is 0 Å². The average Bonchev–Trinajstić information content (AvgIpc) is 2.45. The Labute approximate surface area is 133 Å². The van der Waals surface area contributed by atoms with Gasteiger partial charge in [-0.3, -0.25) is 0 Å². The lowest BCUT2D eigenvalue weighted by Crippen LogP contribution is -2.23. The van der Waals surface area contributed by atoms with Crippen LogP contribution in [0.15, 0.2) is 48.6 Å². The average molecular weight is 323 g/mol. The molecule has 2 rings (SSSR count). The zero-order valence-electron chi connectivity index (χ0n) is 10.9. The van der Waals surface area contributed by atoms with Gasteiger partial charge in [0.15, 0.2) is 0 Å². The van der Waals surface area contributed by atoms with E-state index in [9.17, 15) is 0 Å². The quantitative estimate of drug-likeness (QED) is 0.449. The van der Waals surface area contributed by atoms with Gasteiger partial charge in [0.25, 0.3) is 12.5 Å². The van der Waals surface area contributed by atoms with Crippen molar-refractivity contribution in [2.45, 2.75) is 16.5 Å². The number of alkyl halides is 2. The van der Waals surface area contributed by atoms with Crippen molar-refractivity contribution in [1.29, 1.82) is 10.5 Å². The summed E-state index contributed by atoms with van der Waals surface area (Å²) < 4.78 is 9.54. The van der Waals surface area contributed by atoms with Crippen molar-refractivity contribution in [2.24, 2.45) is 11.8 Å². The number of nitriles is 2. The minimum absolute atomic E-state index is 0.179. The molecule has 0 bridgehead atoms. The second-order valence-electron chi connectivity index (χ2n) is 4.78. The predicted molar refractivity (Wildman–Crippen MR) is 78.7 cm³/mol. The van der Waals surface area contributed by atoms with Crippen LogP contribution in [0.25, 0.3) is 0 Å². The first-order valence-electron chi connectivity index (χ1n) is 6.28. The van der Waals surface area contributed by atoms with Crippen LogP contribution in [0.3, 0.4) is 0 Å². The smallest absolute Gasteiger partial charge is 0.288 e. The van der Waals surface area contributed by atoms with Crippen molar-refractivity contribution in [3.05, 3.63) is 48.6 Å². The fourth-order valence-electron chi connectivity index (χ4n) is 2.16. The van der Waals surface area contributed by atoms with E-state index < -0.39 is 10.1 Å². The first-order chi connectivity index (χ1) is 9.99. The topological polar surface area (TPSA) is 66.0 Å². The Hall–Kier alpha value is -1.88. The lowest BCUT2D eigenvalue weighted by molar-refractivity contribution is 0.206. The van der Waals surface area contributed by atoms with Crippen LogP contribution >= 0.6 is 23.2 Å². The van der Waals surface area contributed by atoms with Gasteiger partial charge < -0.3 is 9.47 Å². The molecule has 0 N–H and O–H groups in total. The molecule has 0 aromatic rings. The molecule has 0 saturated heterocycles. The summed E-state index contributed by atoms with van der Waals surface area (Å²) in [6, 6.07) is 0. The summed E-state index contributed by atoms with van der Waals surface area (Å²) in [5.41, 5.74) is 0. The van der Waals surface area contributed by atoms with Gasteiger partial charge in [-0.1, -0.05) is 47.5 Å². The molecule has 0 unspecified atom stereocenters. The number of allylic oxidation sites excluding steroid dienone is 4. The molecule has 0 saturated carbocycles. The van der Waals surface area contributed by atoms with Gasteiger partial charge in [-0.05, 0) is 42.6 Å². The van der Waals surface area contributed by atoms with Crippen LogP contribution in [-0.4, -0.2) is 10.1 Å². The van der Waals surface area contributed by atoms with E-state index in [1.165, 1.54) is 0 Å². The van der Waals surface area contributed by atoms with Crippen molar-refractivity contribution < 1.29 is 9.47 Å². The molecule has 108 valence electrons. The van der Waals surface area contributed by atoms with E-state index in [2.05, 4.69) is 0 Å². The minimum atomic E-state index is -1.17. The number of nitrogens with zero attached hydrogens (tertiary/aromatic N) is 2. The number of rotatable bonds is 4. The van der Waals surface area contributed by atoms with E-state index in [-0.39, 0.29) is 11.8 Å². The van der Waals surface area contributed by atoms with Crippen LogP contribution in [0.2, 0.25) is 0 Å². The van der Waals surface area contributed by atoms with Crippen molar-refractivity contribution in [3.63, 3.8) is 0 Å². The van der Waals surface area contributed by atoms with Gasteiger partial charge in [-0.15, -0.1) is 0 Å². The highest BCUT2D eigenvalue weighted by Crippen LogP contribution is 2.32. The van der Waals surface area contributed by atoms with Gasteiger partial charge in [0.2, 0.25) is 10.1 Å². The zero-order chi connectivity index (χ0) is 15.3. The van der Waals surface area contributed by atoms with Gasteiger partial charge in [-0.2, -0.15) is 10.5 Å². The molecule has 0 aromatic heterocycles. The van der Waals surface area contributed by atoms with E-state index >= 15 is 0 Å². The summed E-state index contributed by atoms with van der Waals surface area (Å²) in [4.78, 5) is 0. The Morgan fingerprint density at radius 1 is 0.810 bits per heavy atom. The van der Waals surface area contributed by atoms with E-state index in [1.54, 1.807) is 36.8 Å². The summed E-state index contributed by atoms with van der Waals surface area (Å²) in [5, 5.41) is 14.7. The SMILES string of the molecule is N#COC1(Cl)C=CC(CC2C=CC(Cl)(OC#N)C=C2)C=C1. The molecule has 0 heterocycles. The minimum Gasteiger partial charge on any atom is -0.396 e. The fourth-order valence-corrected chi connectivity index (χ4v) is 2.52. The second-order valence-corrected chi connectivity index (χ2v) is 5.96. The van der Waals surface area contributed by atoms with E-state index in [0.29, 0.717) is 0 Å². The fraction of sp³-hybridized carbons (Fsp3) is 0.333. The Balaban J connectivity index is 1.92. The highest BCUT2D eigenvalue weighted by atomic mass is 35.5. The number of hydrogen-bond donors (Lipinski definition) is 0. The third kappa shape index (κ3) is 4.04. The van der Waals surface area contributed by atoms with Gasteiger partial charge >= 0.3 is 0 Å². The molecule has 21 heavy (non-hydrogen) atoms. The standard InChI is InChI=1S/C15H12Cl2N2O2/c16-14(20-10-18)5-1-12(2-6-14)9-13-3-7-15(17,8-4-13)21-11-19/h1-8,12-13H,9H2. The van der Waals surface area contributed by atoms with Crippen molar-refractivity contribution in [2.75, 3.05) is 0 Å². The monoisotopic (exact) mass is 322 g/mol. The Morgan fingerprint density at radius 3 is 1.43 bits per heavy atom. The molecule has 0 fully saturated rings. The number of ether oxygens (including phenoxy) is 2. The first-order valence-corrected chi connectivity index (χ1v) is 7.04. The molecule has 0 aromatic carbocycles. The van der Waals surface area contributed by atoms with E-state index in [4.69, 9.17) is 43.2 Å². The molecule has 2 aliphatic rings. The van der Waals surface area contributed by atoms with Crippen LogP contribution in [0, 0.1) is 34.9 Å². The van der Waals surface area contributed by atoms with Crippen LogP contribution in [0.5, 0.6) is 0 Å². The molecule has 0 radical (unpaired) electrons. The third-order valence-corrected chi connectivity index (χ3v) is 3.89. The van der Waals surface area contributed by atoms with Crippen LogP contribution in [-0.2, 0) is 9.47 Å². The summed E-state index contributed by atoms with van der Waals surface area (Å²) in [5.74, 6) is 0.358. The summed E-state index contributed by atoms with van der Waals surface area (Å²) in [7, 11) is 0. The molecule has 0 atom stereocenters. The van der Waals surface area contributed by atoms with E-state index in [0.717, 1.165) is 6.42 Å². The first kappa shape index (κ1) is 15.5. The van der Waals surface area contributed by atoms with Crippen molar-refractivity contribution in [1.82, 2.24) is 0 Å². The summed E-state index contributed by atoms with van der Waals surface area (Å²) in [6.07, 6.45) is 18.2. The molecule has 4 nitrogen and oxygen atoms in total. The Kier molecular flexibility index (Phi) is 4.63. The molecule has 2 aliphatic carbocycles. The number of halogens is 2. The summed E-state index contributed by atoms with van der Waals surface area (Å²) in [6.45, 7) is 0. The highest BCUT2D eigenvalue weighted by Gasteiger charge is 2.28. The zero-order valence-corrected chi connectivity index (χ0v) is 12.5. The molecule has 0 amide bonds. The largest absolute Gasteiger partial charge is 0.396 e. The normalized spacial score (nSPS) is 36.8. The van der Waals surface area contributed by atoms with Crippen LogP contribution in [0.1, 0.15) is 6.42 Å². The Bertz CT molecular complexity index is 516. The molecule has 0 spiro atoms. The third-order valence-electron chi connectivity index (χ3n) is 3.23. The van der Waals surface area contributed by atoms with Crippen molar-refractivity contribution in [3.8, 4) is 12.5 Å². The van der Waals surface area contributed by atoms with Gasteiger partial charge in [0.05, 0.1) is 0 Å². The maximum Gasteiger partial charge on any atom is 0.288 e. The lowest BCUT2D eigenvalue weighted by Gasteiger charge is -2.25. The van der Waals surface area contributed by atoms with Crippen LogP contribution in [0.4, 0.5) is 0 Å². The van der Waals surface area contributed by atoms with E-state index in [1.807, 2.05) is 24.3 Å². The van der Waals surface area contributed by atoms with Crippen molar-refractivity contribution >= 4 is 23.2 Å². The predicted octanol–water partition coefficient (Wildman–Crippen LogP) is 3.73. The highest BCUT2D eigenvalue weighted by molar-refractivity contribution is 6.26.